The highest BCUT2D eigenvalue weighted by atomic mass is 35.5. The lowest BCUT2D eigenvalue weighted by molar-refractivity contribution is -0.119. The van der Waals surface area contributed by atoms with Gasteiger partial charge >= 0.3 is 0 Å². The van der Waals surface area contributed by atoms with E-state index >= 15 is 0 Å². The Morgan fingerprint density at radius 1 is 0.921 bits per heavy atom. The number of nitrogens with zero attached hydrogens (tertiary/aromatic N) is 3. The van der Waals surface area contributed by atoms with Gasteiger partial charge in [0, 0.05) is 47.0 Å². The molecule has 0 saturated carbocycles. The van der Waals surface area contributed by atoms with Crippen molar-refractivity contribution >= 4 is 80.8 Å². The Morgan fingerprint density at radius 2 is 1.66 bits per heavy atom. The van der Waals surface area contributed by atoms with Crippen LogP contribution in [-0.4, -0.2) is 43.0 Å². The van der Waals surface area contributed by atoms with Crippen molar-refractivity contribution in [1.82, 2.24) is 5.32 Å². The molecule has 3 aromatic carbocycles. The van der Waals surface area contributed by atoms with Crippen LogP contribution in [0.25, 0.3) is 0 Å². The lowest BCUT2D eigenvalue weighted by atomic mass is 10.00. The van der Waals surface area contributed by atoms with E-state index in [0.29, 0.717) is 43.3 Å². The fourth-order valence-corrected chi connectivity index (χ4v) is 5.70. The zero-order chi connectivity index (χ0) is 26.8. The normalized spacial score (nSPS) is 17.4. The van der Waals surface area contributed by atoms with Gasteiger partial charge in [0.1, 0.15) is 0 Å². The van der Waals surface area contributed by atoms with Gasteiger partial charge in [0.25, 0.3) is 5.91 Å². The smallest absolute Gasteiger partial charge is 0.272 e. The molecule has 0 aromatic heterocycles. The number of anilines is 3. The van der Waals surface area contributed by atoms with E-state index in [1.54, 1.807) is 36.2 Å². The molecule has 196 valence electrons. The fraction of sp³-hybridized carbons (Fsp3) is 0.250. The topological polar surface area (TPSA) is 60.0 Å². The Kier molecular flexibility index (Phi) is 8.09. The summed E-state index contributed by atoms with van der Waals surface area (Å²) in [5.74, 6) is -0.279. The maximum Gasteiger partial charge on any atom is 0.272 e. The molecule has 2 N–H and O–H groups in total. The number of hydrogen-bond acceptors (Lipinski definition) is 4. The summed E-state index contributed by atoms with van der Waals surface area (Å²) in [5.41, 5.74) is 4.33. The van der Waals surface area contributed by atoms with Crippen LogP contribution in [-0.2, 0) is 4.79 Å². The lowest BCUT2D eigenvalue weighted by Crippen LogP contribution is -2.47. The molecule has 0 spiro atoms. The Balaban J connectivity index is 1.42. The van der Waals surface area contributed by atoms with Crippen molar-refractivity contribution in [2.24, 2.45) is 4.99 Å². The lowest BCUT2D eigenvalue weighted by Gasteiger charge is -2.29. The Labute approximate surface area is 242 Å². The van der Waals surface area contributed by atoms with Gasteiger partial charge in [-0.2, -0.15) is 0 Å². The van der Waals surface area contributed by atoms with Crippen molar-refractivity contribution in [3.05, 3.63) is 86.9 Å². The quantitative estimate of drug-likeness (QED) is 0.331. The summed E-state index contributed by atoms with van der Waals surface area (Å²) in [5, 5.41) is 8.14. The maximum atomic E-state index is 13.5. The number of carbonyl (C=O) groups excluding carboxylic acids is 1. The number of benzene rings is 3. The van der Waals surface area contributed by atoms with Crippen LogP contribution < -0.4 is 20.4 Å². The first-order valence-electron chi connectivity index (χ1n) is 12.3. The third-order valence-corrected chi connectivity index (χ3v) is 7.78. The van der Waals surface area contributed by atoms with Crippen molar-refractivity contribution in [1.29, 1.82) is 0 Å². The van der Waals surface area contributed by atoms with E-state index in [9.17, 15) is 4.79 Å². The van der Waals surface area contributed by atoms with Gasteiger partial charge < -0.3 is 20.4 Å². The van der Waals surface area contributed by atoms with E-state index in [-0.39, 0.29) is 11.0 Å². The molecule has 3 aromatic rings. The summed E-state index contributed by atoms with van der Waals surface area (Å²) < 4.78 is 0. The van der Waals surface area contributed by atoms with Crippen molar-refractivity contribution in [3.8, 4) is 0 Å². The summed E-state index contributed by atoms with van der Waals surface area (Å²) in [4.78, 5) is 22.2. The van der Waals surface area contributed by atoms with Crippen molar-refractivity contribution in [2.45, 2.75) is 25.4 Å². The number of likely N-dealkylation sites (N-methyl/N-ethyl adjacent to an activating group) is 1. The van der Waals surface area contributed by atoms with E-state index in [0.717, 1.165) is 18.8 Å². The number of hydrogen-bond donors (Lipinski definition) is 2. The molecule has 0 aliphatic carbocycles. The average molecular weight is 587 g/mol. The van der Waals surface area contributed by atoms with Crippen LogP contribution in [0.2, 0.25) is 15.1 Å². The van der Waals surface area contributed by atoms with Crippen LogP contribution in [0.4, 0.5) is 17.1 Å². The van der Waals surface area contributed by atoms with Gasteiger partial charge in [-0.25, -0.2) is 4.99 Å². The number of carbonyl (C=O) groups is 1. The van der Waals surface area contributed by atoms with Crippen LogP contribution in [0.15, 0.2) is 65.7 Å². The first kappa shape index (κ1) is 26.8. The molecule has 0 radical (unpaired) electrons. The van der Waals surface area contributed by atoms with Crippen molar-refractivity contribution < 1.29 is 4.79 Å². The first-order chi connectivity index (χ1) is 18.3. The molecule has 38 heavy (non-hydrogen) atoms. The van der Waals surface area contributed by atoms with Gasteiger partial charge in [0.05, 0.1) is 22.1 Å². The molecule has 10 heteroatoms. The number of rotatable bonds is 4. The third-order valence-electron chi connectivity index (χ3n) is 6.70. The van der Waals surface area contributed by atoms with E-state index < -0.39 is 6.17 Å². The third kappa shape index (κ3) is 5.61. The molecule has 1 atom stereocenters. The SMILES string of the molecule is CN1C(=O)C(NC(=S)Nc2ccc(N3CCCCC3)c(Cl)c2)N=C(c2ccccc2Cl)c2cc(Cl)ccc21. The fourth-order valence-electron chi connectivity index (χ4n) is 4.78. The molecular weight excluding hydrogens is 561 g/mol. The number of nitrogens with one attached hydrogen (secondary N) is 2. The molecule has 0 bridgehead atoms. The minimum atomic E-state index is -0.999. The summed E-state index contributed by atoms with van der Waals surface area (Å²) in [7, 11) is 1.70. The minimum Gasteiger partial charge on any atom is -0.370 e. The Morgan fingerprint density at radius 3 is 2.39 bits per heavy atom. The van der Waals surface area contributed by atoms with Crippen LogP contribution in [0.5, 0.6) is 0 Å². The second-order valence-electron chi connectivity index (χ2n) is 9.23. The zero-order valence-corrected chi connectivity index (χ0v) is 23.8. The molecule has 1 unspecified atom stereocenters. The number of piperidine rings is 1. The Hall–Kier alpha value is -2.84. The second-order valence-corrected chi connectivity index (χ2v) is 10.9. The van der Waals surface area contributed by atoms with E-state index in [4.69, 9.17) is 52.0 Å². The molecule has 2 heterocycles. The highest BCUT2D eigenvalue weighted by molar-refractivity contribution is 7.80. The molecule has 5 rings (SSSR count). The van der Waals surface area contributed by atoms with Gasteiger partial charge in [0.15, 0.2) is 5.11 Å². The largest absolute Gasteiger partial charge is 0.370 e. The monoisotopic (exact) mass is 585 g/mol. The standard InChI is InChI=1S/C28H26Cl3N5OS/c1-35-23-11-9-17(29)15-20(23)25(19-7-3-4-8-21(19)30)33-26(27(35)37)34-28(38)32-18-10-12-24(22(31)16-18)36-13-5-2-6-14-36/h3-4,7-12,15-16,26H,2,5-6,13-14H2,1H3,(H2,32,34,38). The van der Waals surface area contributed by atoms with Crippen LogP contribution >= 0.6 is 47.0 Å². The highest BCUT2D eigenvalue weighted by Crippen LogP contribution is 2.33. The first-order valence-corrected chi connectivity index (χ1v) is 13.9. The molecule has 1 amide bonds. The zero-order valence-electron chi connectivity index (χ0n) is 20.7. The maximum absolute atomic E-state index is 13.5. The summed E-state index contributed by atoms with van der Waals surface area (Å²) in [6, 6.07) is 18.5. The number of halogens is 3. The number of benzodiazepines with no additional fused rings is 1. The molecule has 2 aliphatic heterocycles. The number of thiocarbonyl (C=S) groups is 1. The van der Waals surface area contributed by atoms with Gasteiger partial charge in [-0.3, -0.25) is 4.79 Å². The summed E-state index contributed by atoms with van der Waals surface area (Å²) >= 11 is 25.1. The van der Waals surface area contributed by atoms with Crippen molar-refractivity contribution in [2.75, 3.05) is 35.3 Å². The molecule has 2 aliphatic rings. The Bertz CT molecular complexity index is 1420. The minimum absolute atomic E-state index is 0.241. The number of fused-ring (bicyclic) bond motifs is 1. The molecule has 6 nitrogen and oxygen atoms in total. The van der Waals surface area contributed by atoms with E-state index in [2.05, 4.69) is 15.5 Å². The van der Waals surface area contributed by atoms with Gasteiger partial charge in [-0.05, 0) is 73.9 Å². The van der Waals surface area contributed by atoms with E-state index in [1.165, 1.54) is 19.3 Å². The van der Waals surface area contributed by atoms with Crippen molar-refractivity contribution in [3.63, 3.8) is 0 Å². The predicted molar refractivity (Wildman–Crippen MR) is 163 cm³/mol. The average Bonchev–Trinajstić information content (AvgIpc) is 3.00. The summed E-state index contributed by atoms with van der Waals surface area (Å²) in [6.45, 7) is 2.01. The molecule has 1 saturated heterocycles. The van der Waals surface area contributed by atoms with Crippen LogP contribution in [0, 0.1) is 0 Å². The predicted octanol–water partition coefficient (Wildman–Crippen LogP) is 6.76. The van der Waals surface area contributed by atoms with E-state index in [1.807, 2.05) is 36.4 Å². The second kappa shape index (κ2) is 11.5. The molecular formula is C28H26Cl3N5OS. The van der Waals surface area contributed by atoms with Crippen LogP contribution in [0.1, 0.15) is 30.4 Å². The highest BCUT2D eigenvalue weighted by Gasteiger charge is 2.31. The van der Waals surface area contributed by atoms with Gasteiger partial charge in [0.2, 0.25) is 6.17 Å². The number of aliphatic imine (C=N–C) groups is 1. The summed E-state index contributed by atoms with van der Waals surface area (Å²) in [6.07, 6.45) is 2.59. The van der Waals surface area contributed by atoms with Gasteiger partial charge in [-0.15, -0.1) is 0 Å². The van der Waals surface area contributed by atoms with Gasteiger partial charge in [-0.1, -0.05) is 53.0 Å². The molecule has 1 fully saturated rings. The number of amides is 1. The van der Waals surface area contributed by atoms with Crippen LogP contribution in [0.3, 0.4) is 0 Å².